The summed E-state index contributed by atoms with van der Waals surface area (Å²) in [5.74, 6) is 0.733. The first-order valence-corrected chi connectivity index (χ1v) is 12.3. The number of carbonyl (C=O) groups is 1. The Morgan fingerprint density at radius 2 is 2.17 bits per heavy atom. The van der Waals surface area contributed by atoms with E-state index in [0.717, 1.165) is 54.8 Å². The highest BCUT2D eigenvalue weighted by molar-refractivity contribution is 5.88. The molecule has 0 aliphatic carbocycles. The molecule has 1 aromatic carbocycles. The Kier molecular flexibility index (Phi) is 7.08. The monoisotopic (exact) mass is 475 g/mol. The number of piperazine rings is 1. The Hall–Kier alpha value is -3.27. The highest BCUT2D eigenvalue weighted by Gasteiger charge is 2.25. The van der Waals surface area contributed by atoms with Gasteiger partial charge in [0.25, 0.3) is 0 Å². The molecular weight excluding hydrogens is 442 g/mol. The van der Waals surface area contributed by atoms with Crippen LogP contribution in [0.4, 0.5) is 5.82 Å². The number of benzene rings is 1. The molecule has 1 unspecified atom stereocenters. The molecule has 9 heteroatoms. The van der Waals surface area contributed by atoms with Gasteiger partial charge in [-0.2, -0.15) is 5.10 Å². The van der Waals surface area contributed by atoms with Crippen LogP contribution < -0.4 is 10.6 Å². The third-order valence-electron chi connectivity index (χ3n) is 6.84. The minimum atomic E-state index is -0.272. The van der Waals surface area contributed by atoms with Gasteiger partial charge in [0.2, 0.25) is 5.91 Å². The van der Waals surface area contributed by atoms with Gasteiger partial charge in [-0.25, -0.2) is 9.50 Å². The molecule has 2 aliphatic heterocycles. The van der Waals surface area contributed by atoms with Crippen molar-refractivity contribution < 1.29 is 9.90 Å². The third-order valence-corrected chi connectivity index (χ3v) is 6.84. The first-order chi connectivity index (χ1) is 17.1. The van der Waals surface area contributed by atoms with Crippen LogP contribution in [0.3, 0.4) is 0 Å². The summed E-state index contributed by atoms with van der Waals surface area (Å²) in [7, 11) is 0. The van der Waals surface area contributed by atoms with Crippen LogP contribution in [-0.4, -0.2) is 80.8 Å². The molecule has 3 N–H and O–H groups in total. The maximum absolute atomic E-state index is 12.9. The molecule has 35 heavy (non-hydrogen) atoms. The van der Waals surface area contributed by atoms with E-state index in [2.05, 4.69) is 32.5 Å². The molecule has 0 spiro atoms. The van der Waals surface area contributed by atoms with Crippen LogP contribution in [0.2, 0.25) is 0 Å². The molecule has 4 heterocycles. The van der Waals surface area contributed by atoms with Crippen molar-refractivity contribution in [2.75, 3.05) is 44.6 Å². The van der Waals surface area contributed by atoms with E-state index in [1.54, 1.807) is 6.08 Å². The number of anilines is 1. The fourth-order valence-corrected chi connectivity index (χ4v) is 5.03. The van der Waals surface area contributed by atoms with E-state index >= 15 is 0 Å². The lowest BCUT2D eigenvalue weighted by Gasteiger charge is -2.31. The van der Waals surface area contributed by atoms with Crippen molar-refractivity contribution in [2.24, 2.45) is 0 Å². The SMILES string of the molecule is CC1CN(C/C=C/C(=O)N2CCc3c(cn4ncnc(N[C@H](CO)c5ccccc5)c34)C2)CCN1. The number of rotatable bonds is 7. The van der Waals surface area contributed by atoms with Gasteiger partial charge in [-0.1, -0.05) is 36.4 Å². The highest BCUT2D eigenvalue weighted by atomic mass is 16.3. The quantitative estimate of drug-likeness (QED) is 0.447. The predicted octanol–water partition coefficient (Wildman–Crippen LogP) is 1.61. The van der Waals surface area contributed by atoms with Gasteiger partial charge < -0.3 is 20.6 Å². The number of fused-ring (bicyclic) bond motifs is 3. The maximum Gasteiger partial charge on any atom is 0.246 e. The average molecular weight is 476 g/mol. The van der Waals surface area contributed by atoms with Crippen LogP contribution >= 0.6 is 0 Å². The van der Waals surface area contributed by atoms with Gasteiger partial charge in [-0.05, 0) is 30.0 Å². The van der Waals surface area contributed by atoms with Crippen LogP contribution in [0.5, 0.6) is 0 Å². The molecule has 2 aliphatic rings. The molecule has 2 aromatic heterocycles. The number of nitrogens with one attached hydrogen (secondary N) is 2. The lowest BCUT2D eigenvalue weighted by Crippen LogP contribution is -2.49. The number of hydrogen-bond acceptors (Lipinski definition) is 7. The Morgan fingerprint density at radius 1 is 1.31 bits per heavy atom. The van der Waals surface area contributed by atoms with Gasteiger partial charge in [-0.15, -0.1) is 0 Å². The van der Waals surface area contributed by atoms with Crippen LogP contribution in [0.25, 0.3) is 5.52 Å². The van der Waals surface area contributed by atoms with E-state index in [9.17, 15) is 9.90 Å². The molecule has 1 amide bonds. The maximum atomic E-state index is 12.9. The van der Waals surface area contributed by atoms with Gasteiger partial charge in [0.05, 0.1) is 12.6 Å². The van der Waals surface area contributed by atoms with E-state index in [1.807, 2.05) is 52.0 Å². The summed E-state index contributed by atoms with van der Waals surface area (Å²) in [6, 6.07) is 10.1. The first-order valence-electron chi connectivity index (χ1n) is 12.3. The summed E-state index contributed by atoms with van der Waals surface area (Å²) < 4.78 is 1.83. The molecule has 2 atom stereocenters. The van der Waals surface area contributed by atoms with Crippen molar-refractivity contribution in [1.29, 1.82) is 0 Å². The van der Waals surface area contributed by atoms with Crippen LogP contribution in [-0.2, 0) is 17.8 Å². The summed E-state index contributed by atoms with van der Waals surface area (Å²) in [6.07, 6.45) is 7.93. The smallest absolute Gasteiger partial charge is 0.246 e. The van der Waals surface area contributed by atoms with Crippen LogP contribution in [0.1, 0.15) is 29.7 Å². The van der Waals surface area contributed by atoms with Gasteiger partial charge in [0, 0.05) is 57.6 Å². The summed E-state index contributed by atoms with van der Waals surface area (Å²) in [6.45, 7) is 7.13. The second kappa shape index (κ2) is 10.6. The first kappa shape index (κ1) is 23.5. The summed E-state index contributed by atoms with van der Waals surface area (Å²) in [4.78, 5) is 21.6. The minimum absolute atomic E-state index is 0.0444. The molecule has 184 valence electrons. The van der Waals surface area contributed by atoms with E-state index in [0.29, 0.717) is 24.9 Å². The Bertz CT molecular complexity index is 1190. The van der Waals surface area contributed by atoms with Gasteiger partial charge in [-0.3, -0.25) is 9.69 Å². The van der Waals surface area contributed by atoms with Crippen molar-refractivity contribution in [1.82, 2.24) is 29.7 Å². The summed E-state index contributed by atoms with van der Waals surface area (Å²) >= 11 is 0. The molecule has 1 fully saturated rings. The number of hydrogen-bond donors (Lipinski definition) is 3. The van der Waals surface area contributed by atoms with Crippen molar-refractivity contribution in [2.45, 2.75) is 32.0 Å². The molecule has 1 saturated heterocycles. The number of nitrogens with zero attached hydrogens (tertiary/aromatic N) is 5. The zero-order valence-electron chi connectivity index (χ0n) is 20.1. The molecule has 5 rings (SSSR count). The standard InChI is InChI=1S/C26H33N7O2/c1-19-14-31(13-10-27-19)11-5-8-24(35)32-12-9-22-21(15-32)16-33-25(22)26(28-18-29-33)30-23(17-34)20-6-3-2-4-7-20/h2-8,16,18-19,23,27,34H,9-15,17H2,1H3,(H,28,29,30)/b8-5+/t19?,23-/m1/s1. The molecule has 9 nitrogen and oxygen atoms in total. The zero-order chi connectivity index (χ0) is 24.2. The molecular formula is C26H33N7O2. The van der Waals surface area contributed by atoms with E-state index < -0.39 is 0 Å². The van der Waals surface area contributed by atoms with Crippen LogP contribution in [0, 0.1) is 0 Å². The minimum Gasteiger partial charge on any atom is -0.394 e. The van der Waals surface area contributed by atoms with E-state index in [4.69, 9.17) is 0 Å². The average Bonchev–Trinajstić information content (AvgIpc) is 3.26. The van der Waals surface area contributed by atoms with Gasteiger partial charge >= 0.3 is 0 Å². The second-order valence-corrected chi connectivity index (χ2v) is 9.35. The van der Waals surface area contributed by atoms with Gasteiger partial charge in [0.15, 0.2) is 5.82 Å². The Morgan fingerprint density at radius 3 is 2.97 bits per heavy atom. The predicted molar refractivity (Wildman–Crippen MR) is 135 cm³/mol. The highest BCUT2D eigenvalue weighted by Crippen LogP contribution is 2.30. The summed E-state index contributed by atoms with van der Waals surface area (Å²) in [5, 5.41) is 21.2. The molecule has 0 bridgehead atoms. The van der Waals surface area contributed by atoms with Crippen molar-refractivity contribution in [3.05, 3.63) is 71.7 Å². The number of carbonyl (C=O) groups excluding carboxylic acids is 1. The fraction of sp³-hybridized carbons (Fsp3) is 0.423. The number of aromatic nitrogens is 3. The van der Waals surface area contributed by atoms with Gasteiger partial charge in [0.1, 0.15) is 11.8 Å². The number of amides is 1. The molecule has 0 radical (unpaired) electrons. The second-order valence-electron chi connectivity index (χ2n) is 9.35. The van der Waals surface area contributed by atoms with Crippen molar-refractivity contribution >= 4 is 17.2 Å². The fourth-order valence-electron chi connectivity index (χ4n) is 5.03. The topological polar surface area (TPSA) is 98.0 Å². The van der Waals surface area contributed by atoms with Crippen LogP contribution in [0.15, 0.2) is 55.0 Å². The lowest BCUT2D eigenvalue weighted by atomic mass is 10.0. The lowest BCUT2D eigenvalue weighted by molar-refractivity contribution is -0.126. The zero-order valence-corrected chi connectivity index (χ0v) is 20.1. The van der Waals surface area contributed by atoms with Crippen molar-refractivity contribution in [3.8, 4) is 0 Å². The normalized spacial score (nSPS) is 19.7. The molecule has 3 aromatic rings. The number of aliphatic hydroxyl groups excluding tert-OH is 1. The number of aliphatic hydroxyl groups is 1. The Labute approximate surface area is 205 Å². The van der Waals surface area contributed by atoms with Crippen molar-refractivity contribution in [3.63, 3.8) is 0 Å². The van der Waals surface area contributed by atoms with E-state index in [-0.39, 0.29) is 18.6 Å². The largest absolute Gasteiger partial charge is 0.394 e. The summed E-state index contributed by atoms with van der Waals surface area (Å²) in [5.41, 5.74) is 4.14. The molecule has 0 saturated carbocycles. The Balaban J connectivity index is 1.29. The van der Waals surface area contributed by atoms with E-state index in [1.165, 1.54) is 6.33 Å². The third kappa shape index (κ3) is 5.22.